The predicted octanol–water partition coefficient (Wildman–Crippen LogP) is 2.90. The molecule has 0 fully saturated rings. The van der Waals surface area contributed by atoms with Crippen molar-refractivity contribution < 1.29 is 18.1 Å². The van der Waals surface area contributed by atoms with Gasteiger partial charge in [0.25, 0.3) is 10.0 Å². The standard InChI is InChI=1S/C17H16N4O5S/c1-12-10-17(20(18-12)13-6-4-3-5-7-13)19-27(24,25)14-8-9-16(26-2)15(11-14)21(22)23/h3-11,19H,1-2H3. The highest BCUT2D eigenvalue weighted by atomic mass is 32.2. The van der Waals surface area contributed by atoms with Crippen LogP contribution < -0.4 is 9.46 Å². The third-order valence-electron chi connectivity index (χ3n) is 3.73. The molecular formula is C17H16N4O5S. The lowest BCUT2D eigenvalue weighted by atomic mass is 10.3. The van der Waals surface area contributed by atoms with Crippen LogP contribution >= 0.6 is 0 Å². The van der Waals surface area contributed by atoms with E-state index in [1.165, 1.54) is 23.9 Å². The van der Waals surface area contributed by atoms with Gasteiger partial charge in [0, 0.05) is 12.1 Å². The van der Waals surface area contributed by atoms with Crippen LogP contribution in [-0.4, -0.2) is 30.2 Å². The highest BCUT2D eigenvalue weighted by Crippen LogP contribution is 2.30. The molecule has 0 atom stereocenters. The molecule has 1 aromatic heterocycles. The van der Waals surface area contributed by atoms with Crippen molar-refractivity contribution in [2.24, 2.45) is 0 Å². The number of nitro benzene ring substituents is 1. The lowest BCUT2D eigenvalue weighted by Gasteiger charge is -2.11. The van der Waals surface area contributed by atoms with Gasteiger partial charge < -0.3 is 4.74 Å². The van der Waals surface area contributed by atoms with Gasteiger partial charge in [-0.15, -0.1) is 0 Å². The predicted molar refractivity (Wildman–Crippen MR) is 98.8 cm³/mol. The molecule has 0 bridgehead atoms. The largest absolute Gasteiger partial charge is 0.490 e. The summed E-state index contributed by atoms with van der Waals surface area (Å²) in [7, 11) is -2.81. The minimum absolute atomic E-state index is 0.0240. The molecule has 0 saturated heterocycles. The summed E-state index contributed by atoms with van der Waals surface area (Å²) < 4.78 is 34.3. The molecule has 140 valence electrons. The summed E-state index contributed by atoms with van der Waals surface area (Å²) in [5.74, 6) is 0.196. The number of benzene rings is 2. The molecule has 0 amide bonds. The van der Waals surface area contributed by atoms with Gasteiger partial charge in [-0.2, -0.15) is 5.10 Å². The van der Waals surface area contributed by atoms with Crippen LogP contribution in [0.4, 0.5) is 11.5 Å². The molecule has 1 heterocycles. The second-order valence-corrected chi connectivity index (χ2v) is 7.30. The van der Waals surface area contributed by atoms with E-state index < -0.39 is 20.6 Å². The van der Waals surface area contributed by atoms with Crippen molar-refractivity contribution in [1.29, 1.82) is 0 Å². The van der Waals surface area contributed by atoms with Crippen molar-refractivity contribution in [1.82, 2.24) is 9.78 Å². The Kier molecular flexibility index (Phi) is 4.82. The number of rotatable bonds is 6. The van der Waals surface area contributed by atoms with Gasteiger partial charge in [0.1, 0.15) is 5.82 Å². The number of aryl methyl sites for hydroxylation is 1. The fourth-order valence-electron chi connectivity index (χ4n) is 2.51. The van der Waals surface area contributed by atoms with E-state index in [-0.39, 0.29) is 16.5 Å². The van der Waals surface area contributed by atoms with E-state index in [0.29, 0.717) is 11.4 Å². The van der Waals surface area contributed by atoms with Gasteiger partial charge in [-0.25, -0.2) is 13.1 Å². The fourth-order valence-corrected chi connectivity index (χ4v) is 3.57. The number of aromatic nitrogens is 2. The van der Waals surface area contributed by atoms with Crippen LogP contribution in [0.25, 0.3) is 5.69 Å². The molecular weight excluding hydrogens is 372 g/mol. The highest BCUT2D eigenvalue weighted by Gasteiger charge is 2.23. The Bertz CT molecular complexity index is 1090. The average molecular weight is 388 g/mol. The fraction of sp³-hybridized carbons (Fsp3) is 0.118. The van der Waals surface area contributed by atoms with Gasteiger partial charge in [0.05, 0.1) is 28.3 Å². The number of nitrogens with zero attached hydrogens (tertiary/aromatic N) is 3. The van der Waals surface area contributed by atoms with E-state index in [0.717, 1.165) is 6.07 Å². The smallest absolute Gasteiger partial charge is 0.312 e. The summed E-state index contributed by atoms with van der Waals surface area (Å²) in [4.78, 5) is 10.2. The van der Waals surface area contributed by atoms with E-state index in [2.05, 4.69) is 9.82 Å². The van der Waals surface area contributed by atoms with Crippen molar-refractivity contribution in [2.45, 2.75) is 11.8 Å². The van der Waals surface area contributed by atoms with Crippen LogP contribution in [0.1, 0.15) is 5.69 Å². The lowest BCUT2D eigenvalue weighted by Crippen LogP contribution is -2.16. The van der Waals surface area contributed by atoms with Crippen LogP contribution in [0.15, 0.2) is 59.5 Å². The van der Waals surface area contributed by atoms with Crippen LogP contribution in [0, 0.1) is 17.0 Å². The zero-order valence-corrected chi connectivity index (χ0v) is 15.3. The van der Waals surface area contributed by atoms with Crippen LogP contribution in [0.2, 0.25) is 0 Å². The Labute approximate surface area is 155 Å². The molecule has 3 aromatic rings. The Balaban J connectivity index is 2.01. The minimum atomic E-state index is -4.08. The summed E-state index contributed by atoms with van der Waals surface area (Å²) in [5.41, 5.74) is 0.842. The minimum Gasteiger partial charge on any atom is -0.490 e. The number of anilines is 1. The molecule has 1 N–H and O–H groups in total. The van der Waals surface area contributed by atoms with Crippen LogP contribution in [0.5, 0.6) is 5.75 Å². The van der Waals surface area contributed by atoms with E-state index in [1.54, 1.807) is 37.3 Å². The molecule has 2 aromatic carbocycles. The topological polar surface area (TPSA) is 116 Å². The quantitative estimate of drug-likeness (QED) is 0.513. The molecule has 0 unspecified atom stereocenters. The van der Waals surface area contributed by atoms with E-state index >= 15 is 0 Å². The number of nitrogens with one attached hydrogen (secondary N) is 1. The second kappa shape index (κ2) is 7.08. The summed E-state index contributed by atoms with van der Waals surface area (Å²) in [5, 5.41) is 15.5. The number of sulfonamides is 1. The molecule has 0 aliphatic carbocycles. The third-order valence-corrected chi connectivity index (χ3v) is 5.08. The van der Waals surface area contributed by atoms with E-state index in [9.17, 15) is 18.5 Å². The number of nitro groups is 1. The molecule has 0 aliphatic rings. The Morgan fingerprint density at radius 3 is 2.48 bits per heavy atom. The maximum absolute atomic E-state index is 12.8. The molecule has 9 nitrogen and oxygen atoms in total. The summed E-state index contributed by atoms with van der Waals surface area (Å²) in [6, 6.07) is 14.0. The number of hydrogen-bond donors (Lipinski definition) is 1. The molecule has 0 radical (unpaired) electrons. The Hall–Kier alpha value is -3.40. The number of para-hydroxylation sites is 1. The van der Waals surface area contributed by atoms with Gasteiger partial charge >= 0.3 is 5.69 Å². The first kappa shape index (κ1) is 18.4. The van der Waals surface area contributed by atoms with Crippen molar-refractivity contribution in [2.75, 3.05) is 11.8 Å². The zero-order valence-electron chi connectivity index (χ0n) is 14.5. The lowest BCUT2D eigenvalue weighted by molar-refractivity contribution is -0.386. The van der Waals surface area contributed by atoms with Crippen LogP contribution in [-0.2, 0) is 10.0 Å². The third kappa shape index (κ3) is 3.75. The Morgan fingerprint density at radius 2 is 1.85 bits per heavy atom. The zero-order chi connectivity index (χ0) is 19.6. The van der Waals surface area contributed by atoms with Crippen molar-refractivity contribution in [3.8, 4) is 11.4 Å². The normalized spacial score (nSPS) is 11.2. The van der Waals surface area contributed by atoms with Gasteiger partial charge in [-0.3, -0.25) is 14.8 Å². The summed E-state index contributed by atoms with van der Waals surface area (Å²) in [6.45, 7) is 1.73. The van der Waals surface area contributed by atoms with Crippen molar-refractivity contribution in [3.05, 3.63) is 70.4 Å². The monoisotopic (exact) mass is 388 g/mol. The highest BCUT2D eigenvalue weighted by molar-refractivity contribution is 7.92. The van der Waals surface area contributed by atoms with Gasteiger partial charge in [-0.1, -0.05) is 18.2 Å². The maximum Gasteiger partial charge on any atom is 0.312 e. The number of ether oxygens (including phenoxy) is 1. The second-order valence-electron chi connectivity index (χ2n) is 5.61. The first-order valence-electron chi connectivity index (χ1n) is 7.79. The molecule has 27 heavy (non-hydrogen) atoms. The summed E-state index contributed by atoms with van der Waals surface area (Å²) in [6.07, 6.45) is 0. The van der Waals surface area contributed by atoms with Gasteiger partial charge in [-0.05, 0) is 31.2 Å². The maximum atomic E-state index is 12.8. The van der Waals surface area contributed by atoms with E-state index in [1.807, 2.05) is 6.07 Å². The molecule has 0 aliphatic heterocycles. The van der Waals surface area contributed by atoms with E-state index in [4.69, 9.17) is 4.74 Å². The number of methoxy groups -OCH3 is 1. The SMILES string of the molecule is COc1ccc(S(=O)(=O)Nc2cc(C)nn2-c2ccccc2)cc1[N+](=O)[O-]. The van der Waals surface area contributed by atoms with Crippen LogP contribution in [0.3, 0.4) is 0 Å². The summed E-state index contributed by atoms with van der Waals surface area (Å²) >= 11 is 0. The number of hydrogen-bond acceptors (Lipinski definition) is 6. The first-order chi connectivity index (χ1) is 12.8. The first-order valence-corrected chi connectivity index (χ1v) is 9.27. The molecule has 3 rings (SSSR count). The average Bonchev–Trinajstić information content (AvgIpc) is 3.01. The van der Waals surface area contributed by atoms with Crippen molar-refractivity contribution >= 4 is 21.5 Å². The molecule has 10 heteroatoms. The molecule has 0 saturated carbocycles. The van der Waals surface area contributed by atoms with Gasteiger partial charge in [0.2, 0.25) is 0 Å². The van der Waals surface area contributed by atoms with Gasteiger partial charge in [0.15, 0.2) is 5.75 Å². The Morgan fingerprint density at radius 1 is 1.15 bits per heavy atom. The van der Waals surface area contributed by atoms with Crippen molar-refractivity contribution in [3.63, 3.8) is 0 Å². The molecule has 0 spiro atoms.